The number of carbonyl (C=O) groups is 2. The molecule has 1 amide bonds. The molecule has 1 atom stereocenters. The lowest BCUT2D eigenvalue weighted by Crippen LogP contribution is -2.30. The van der Waals surface area contributed by atoms with Gasteiger partial charge in [0.15, 0.2) is 11.2 Å². The van der Waals surface area contributed by atoms with Crippen LogP contribution in [0.4, 0.5) is 5.13 Å². The van der Waals surface area contributed by atoms with Crippen LogP contribution in [-0.4, -0.2) is 29.6 Å². The highest BCUT2D eigenvalue weighted by atomic mass is 32.1. The van der Waals surface area contributed by atoms with Gasteiger partial charge in [-0.1, -0.05) is 18.2 Å². The average Bonchev–Trinajstić information content (AvgIpc) is 2.95. The van der Waals surface area contributed by atoms with Crippen molar-refractivity contribution in [3.05, 3.63) is 41.4 Å². The van der Waals surface area contributed by atoms with Crippen LogP contribution in [0.25, 0.3) is 0 Å². The normalized spacial score (nSPS) is 11.6. The third-order valence-electron chi connectivity index (χ3n) is 2.84. The second-order valence-electron chi connectivity index (χ2n) is 4.69. The Balaban J connectivity index is 1.87. The van der Waals surface area contributed by atoms with Crippen molar-refractivity contribution >= 4 is 28.3 Å². The van der Waals surface area contributed by atoms with Crippen LogP contribution < -0.4 is 10.1 Å². The van der Waals surface area contributed by atoms with Crippen molar-refractivity contribution in [2.45, 2.75) is 26.4 Å². The molecular formula is C16H18N2O4S. The smallest absolute Gasteiger partial charge is 0.311 e. The molecule has 1 aromatic heterocycles. The molecule has 1 N–H and O–H groups in total. The van der Waals surface area contributed by atoms with Gasteiger partial charge in [0.2, 0.25) is 0 Å². The first-order valence-corrected chi connectivity index (χ1v) is 8.09. The van der Waals surface area contributed by atoms with Gasteiger partial charge in [-0.25, -0.2) is 4.98 Å². The van der Waals surface area contributed by atoms with Gasteiger partial charge in [0, 0.05) is 5.38 Å². The molecule has 0 bridgehead atoms. The van der Waals surface area contributed by atoms with Gasteiger partial charge in [-0.2, -0.15) is 0 Å². The van der Waals surface area contributed by atoms with Crippen LogP contribution in [0.1, 0.15) is 19.5 Å². The number of esters is 1. The summed E-state index contributed by atoms with van der Waals surface area (Å²) in [4.78, 5) is 27.7. The van der Waals surface area contributed by atoms with Gasteiger partial charge in [-0.05, 0) is 26.0 Å². The number of aromatic nitrogens is 1. The first-order valence-electron chi connectivity index (χ1n) is 7.21. The highest BCUT2D eigenvalue weighted by Gasteiger charge is 2.17. The minimum absolute atomic E-state index is 0.0935. The monoisotopic (exact) mass is 334 g/mol. The van der Waals surface area contributed by atoms with E-state index in [2.05, 4.69) is 10.3 Å². The zero-order valence-electron chi connectivity index (χ0n) is 12.9. The second-order valence-corrected chi connectivity index (χ2v) is 5.55. The van der Waals surface area contributed by atoms with Crippen molar-refractivity contribution in [2.75, 3.05) is 11.9 Å². The van der Waals surface area contributed by atoms with E-state index in [-0.39, 0.29) is 18.3 Å². The van der Waals surface area contributed by atoms with E-state index in [1.165, 1.54) is 11.3 Å². The highest BCUT2D eigenvalue weighted by molar-refractivity contribution is 7.13. The average molecular weight is 334 g/mol. The van der Waals surface area contributed by atoms with Gasteiger partial charge in [0.1, 0.15) is 5.75 Å². The summed E-state index contributed by atoms with van der Waals surface area (Å²) in [7, 11) is 0. The van der Waals surface area contributed by atoms with Crippen molar-refractivity contribution in [3.8, 4) is 5.75 Å². The van der Waals surface area contributed by atoms with Crippen LogP contribution in [0.5, 0.6) is 5.75 Å². The molecule has 0 aliphatic carbocycles. The number of para-hydroxylation sites is 1. The number of rotatable bonds is 7. The molecule has 1 unspecified atom stereocenters. The summed E-state index contributed by atoms with van der Waals surface area (Å²) >= 11 is 1.26. The molecule has 1 aromatic carbocycles. The standard InChI is InChI=1S/C16H18N2O4S/c1-3-21-14(19)9-12-10-23-16(17-12)18-15(20)11(2)22-13-7-5-4-6-8-13/h4-8,10-11H,3,9H2,1-2H3,(H,17,18,20). The zero-order chi connectivity index (χ0) is 16.7. The molecule has 0 aliphatic heterocycles. The van der Waals surface area contributed by atoms with Gasteiger partial charge in [0.05, 0.1) is 18.7 Å². The van der Waals surface area contributed by atoms with Crippen molar-refractivity contribution in [1.29, 1.82) is 0 Å². The molecule has 122 valence electrons. The lowest BCUT2D eigenvalue weighted by atomic mass is 10.3. The maximum atomic E-state index is 12.1. The maximum absolute atomic E-state index is 12.1. The summed E-state index contributed by atoms with van der Waals surface area (Å²) < 4.78 is 10.4. The number of hydrogen-bond donors (Lipinski definition) is 1. The molecule has 0 saturated heterocycles. The van der Waals surface area contributed by atoms with Gasteiger partial charge in [0.25, 0.3) is 5.91 Å². The fourth-order valence-electron chi connectivity index (χ4n) is 1.77. The molecule has 2 aromatic rings. The van der Waals surface area contributed by atoms with E-state index in [4.69, 9.17) is 9.47 Å². The van der Waals surface area contributed by atoms with Crippen molar-refractivity contribution in [1.82, 2.24) is 4.98 Å². The maximum Gasteiger partial charge on any atom is 0.311 e. The number of ether oxygens (including phenoxy) is 2. The molecule has 1 heterocycles. The lowest BCUT2D eigenvalue weighted by Gasteiger charge is -2.13. The minimum atomic E-state index is -0.658. The molecule has 23 heavy (non-hydrogen) atoms. The molecular weight excluding hydrogens is 316 g/mol. The minimum Gasteiger partial charge on any atom is -0.481 e. The van der Waals surface area contributed by atoms with E-state index in [9.17, 15) is 9.59 Å². The Bertz CT molecular complexity index is 657. The predicted molar refractivity (Wildman–Crippen MR) is 87.6 cm³/mol. The van der Waals surface area contributed by atoms with E-state index < -0.39 is 6.10 Å². The highest BCUT2D eigenvalue weighted by Crippen LogP contribution is 2.17. The van der Waals surface area contributed by atoms with Gasteiger partial charge in [-0.3, -0.25) is 14.9 Å². The first-order chi connectivity index (χ1) is 11.1. The third-order valence-corrected chi connectivity index (χ3v) is 3.64. The summed E-state index contributed by atoms with van der Waals surface area (Å²) in [6, 6.07) is 9.11. The number of thiazole rings is 1. The second kappa shape index (κ2) is 8.28. The van der Waals surface area contributed by atoms with Crippen LogP contribution in [-0.2, 0) is 20.7 Å². The SMILES string of the molecule is CCOC(=O)Cc1csc(NC(=O)C(C)Oc2ccccc2)n1. The number of hydrogen-bond acceptors (Lipinski definition) is 6. The first kappa shape index (κ1) is 17.0. The van der Waals surface area contributed by atoms with E-state index in [0.717, 1.165) is 0 Å². The molecule has 6 nitrogen and oxygen atoms in total. The van der Waals surface area contributed by atoms with E-state index in [1.54, 1.807) is 31.4 Å². The van der Waals surface area contributed by atoms with Crippen LogP contribution in [0.15, 0.2) is 35.7 Å². The summed E-state index contributed by atoms with van der Waals surface area (Å²) in [5.41, 5.74) is 0.570. The summed E-state index contributed by atoms with van der Waals surface area (Å²) in [6.45, 7) is 3.75. The molecule has 0 fully saturated rings. The Morgan fingerprint density at radius 1 is 1.30 bits per heavy atom. The molecule has 0 radical (unpaired) electrons. The Morgan fingerprint density at radius 3 is 2.74 bits per heavy atom. The van der Waals surface area contributed by atoms with Gasteiger partial charge >= 0.3 is 5.97 Å². The van der Waals surface area contributed by atoms with E-state index in [0.29, 0.717) is 23.2 Å². The zero-order valence-corrected chi connectivity index (χ0v) is 13.8. The fourth-order valence-corrected chi connectivity index (χ4v) is 2.48. The van der Waals surface area contributed by atoms with Crippen molar-refractivity contribution in [2.24, 2.45) is 0 Å². The number of carbonyl (C=O) groups excluding carboxylic acids is 2. The summed E-state index contributed by atoms with van der Waals surface area (Å²) in [6.07, 6.45) is -0.564. The Kier molecular flexibility index (Phi) is 6.10. The number of nitrogens with one attached hydrogen (secondary N) is 1. The summed E-state index contributed by atoms with van der Waals surface area (Å²) in [5.74, 6) is -0.0142. The van der Waals surface area contributed by atoms with Crippen LogP contribution >= 0.6 is 11.3 Å². The van der Waals surface area contributed by atoms with Crippen molar-refractivity contribution in [3.63, 3.8) is 0 Å². The lowest BCUT2D eigenvalue weighted by molar-refractivity contribution is -0.142. The number of benzene rings is 1. The quantitative estimate of drug-likeness (QED) is 0.788. The number of amides is 1. The number of anilines is 1. The van der Waals surface area contributed by atoms with Crippen molar-refractivity contribution < 1.29 is 19.1 Å². The summed E-state index contributed by atoms with van der Waals surface area (Å²) in [5, 5.41) is 4.82. The Labute approximate surface area is 138 Å². The Hall–Kier alpha value is -2.41. The molecule has 0 aliphatic rings. The predicted octanol–water partition coefficient (Wildman–Crippen LogP) is 2.65. The van der Waals surface area contributed by atoms with Gasteiger partial charge in [-0.15, -0.1) is 11.3 Å². The van der Waals surface area contributed by atoms with Crippen LogP contribution in [0, 0.1) is 0 Å². The molecule has 2 rings (SSSR count). The van der Waals surface area contributed by atoms with Gasteiger partial charge < -0.3 is 9.47 Å². The van der Waals surface area contributed by atoms with Crippen LogP contribution in [0.2, 0.25) is 0 Å². The Morgan fingerprint density at radius 2 is 2.04 bits per heavy atom. The number of nitrogens with zero attached hydrogens (tertiary/aromatic N) is 1. The third kappa shape index (κ3) is 5.37. The van der Waals surface area contributed by atoms with E-state index >= 15 is 0 Å². The molecule has 7 heteroatoms. The molecule has 0 spiro atoms. The molecule has 0 saturated carbocycles. The topological polar surface area (TPSA) is 77.5 Å². The largest absolute Gasteiger partial charge is 0.481 e. The van der Waals surface area contributed by atoms with Crippen LogP contribution in [0.3, 0.4) is 0 Å². The van der Waals surface area contributed by atoms with E-state index in [1.807, 2.05) is 18.2 Å². The fraction of sp³-hybridized carbons (Fsp3) is 0.312.